The third-order valence-corrected chi connectivity index (χ3v) is 3.52. The normalized spacial score (nSPS) is 14.1. The smallest absolute Gasteiger partial charge is 0.220 e. The van der Waals surface area contributed by atoms with Gasteiger partial charge >= 0.3 is 0 Å². The average molecular weight is 213 g/mol. The van der Waals surface area contributed by atoms with Crippen LogP contribution in [0.1, 0.15) is 54.4 Å². The van der Waals surface area contributed by atoms with Gasteiger partial charge in [0, 0.05) is 13.0 Å². The van der Waals surface area contributed by atoms with E-state index in [-0.39, 0.29) is 11.3 Å². The van der Waals surface area contributed by atoms with Crippen molar-refractivity contribution in [2.45, 2.75) is 54.4 Å². The number of hydrogen-bond donors (Lipinski definition) is 1. The molecule has 0 saturated carbocycles. The first kappa shape index (κ1) is 14.5. The third-order valence-electron chi connectivity index (χ3n) is 3.52. The number of nitrogens with one attached hydrogen (secondary N) is 1. The number of amides is 1. The van der Waals surface area contributed by atoms with Crippen molar-refractivity contribution in [1.29, 1.82) is 0 Å². The summed E-state index contributed by atoms with van der Waals surface area (Å²) in [5.41, 5.74) is 0.0968. The van der Waals surface area contributed by atoms with Crippen LogP contribution in [0.2, 0.25) is 0 Å². The Morgan fingerprint density at radius 2 is 1.80 bits per heavy atom. The number of carbonyl (C=O) groups is 1. The molecule has 0 aromatic heterocycles. The molecule has 0 bridgehead atoms. The molecule has 0 aliphatic rings. The van der Waals surface area contributed by atoms with Crippen molar-refractivity contribution in [2.24, 2.45) is 17.3 Å². The molecule has 0 radical (unpaired) electrons. The maximum atomic E-state index is 11.7. The van der Waals surface area contributed by atoms with Gasteiger partial charge in [0.1, 0.15) is 0 Å². The van der Waals surface area contributed by atoms with E-state index in [1.54, 1.807) is 0 Å². The average Bonchev–Trinajstić information content (AvgIpc) is 2.13. The van der Waals surface area contributed by atoms with Crippen molar-refractivity contribution >= 4 is 5.91 Å². The van der Waals surface area contributed by atoms with Crippen LogP contribution >= 0.6 is 0 Å². The first-order chi connectivity index (χ1) is 6.79. The highest BCUT2D eigenvalue weighted by molar-refractivity contribution is 5.76. The van der Waals surface area contributed by atoms with Gasteiger partial charge in [-0.15, -0.1) is 0 Å². The molecular formula is C13H27NO. The van der Waals surface area contributed by atoms with E-state index in [9.17, 15) is 4.79 Å². The first-order valence-corrected chi connectivity index (χ1v) is 6.06. The van der Waals surface area contributed by atoms with Crippen molar-refractivity contribution in [3.63, 3.8) is 0 Å². The number of rotatable bonds is 6. The van der Waals surface area contributed by atoms with Gasteiger partial charge in [-0.25, -0.2) is 0 Å². The van der Waals surface area contributed by atoms with Crippen molar-refractivity contribution in [3.8, 4) is 0 Å². The second kappa shape index (κ2) is 6.14. The van der Waals surface area contributed by atoms with Crippen LogP contribution in [0, 0.1) is 17.3 Å². The zero-order valence-corrected chi connectivity index (χ0v) is 11.2. The lowest BCUT2D eigenvalue weighted by atomic mass is 9.78. The minimum Gasteiger partial charge on any atom is -0.356 e. The number of hydrogen-bond acceptors (Lipinski definition) is 1. The Kier molecular flexibility index (Phi) is 5.92. The zero-order valence-electron chi connectivity index (χ0n) is 11.2. The summed E-state index contributed by atoms with van der Waals surface area (Å²) in [6.45, 7) is 13.8. The summed E-state index contributed by atoms with van der Waals surface area (Å²) in [5, 5.41) is 3.01. The fraction of sp³-hybridized carbons (Fsp3) is 0.923. The van der Waals surface area contributed by atoms with Crippen LogP contribution in [0.3, 0.4) is 0 Å². The Hall–Kier alpha value is -0.530. The Morgan fingerprint density at radius 3 is 2.20 bits per heavy atom. The predicted molar refractivity (Wildman–Crippen MR) is 65.7 cm³/mol. The van der Waals surface area contributed by atoms with E-state index in [2.05, 4.69) is 46.9 Å². The molecule has 1 atom stereocenters. The Bertz CT molecular complexity index is 197. The molecule has 0 fully saturated rings. The van der Waals surface area contributed by atoms with Crippen molar-refractivity contribution in [1.82, 2.24) is 5.32 Å². The largest absolute Gasteiger partial charge is 0.356 e. The van der Waals surface area contributed by atoms with E-state index < -0.39 is 0 Å². The maximum Gasteiger partial charge on any atom is 0.220 e. The van der Waals surface area contributed by atoms with Crippen molar-refractivity contribution in [3.05, 3.63) is 0 Å². The summed E-state index contributed by atoms with van der Waals surface area (Å²) in [5.74, 6) is 1.30. The predicted octanol–water partition coefficient (Wildman–Crippen LogP) is 3.22. The second-order valence-corrected chi connectivity index (χ2v) is 5.64. The molecule has 0 aromatic carbocycles. The third kappa shape index (κ3) is 5.81. The zero-order chi connectivity index (χ0) is 12.1. The molecule has 2 heteroatoms. The van der Waals surface area contributed by atoms with E-state index in [1.807, 2.05) is 0 Å². The summed E-state index contributed by atoms with van der Waals surface area (Å²) in [6.07, 6.45) is 1.74. The highest BCUT2D eigenvalue weighted by atomic mass is 16.1. The SMILES string of the molecule is CCC(C)CNC(=O)CC(C)(C)C(C)C. The molecular weight excluding hydrogens is 186 g/mol. The molecule has 15 heavy (non-hydrogen) atoms. The fourth-order valence-electron chi connectivity index (χ4n) is 1.11. The molecule has 0 rings (SSSR count). The lowest BCUT2D eigenvalue weighted by Crippen LogP contribution is -2.33. The summed E-state index contributed by atoms with van der Waals surface area (Å²) in [7, 11) is 0. The molecule has 90 valence electrons. The second-order valence-electron chi connectivity index (χ2n) is 5.64. The lowest BCUT2D eigenvalue weighted by molar-refractivity contribution is -0.123. The van der Waals surface area contributed by atoms with Gasteiger partial charge < -0.3 is 5.32 Å². The Morgan fingerprint density at radius 1 is 1.27 bits per heavy atom. The van der Waals surface area contributed by atoms with Gasteiger partial charge in [0.25, 0.3) is 0 Å². The minimum atomic E-state index is 0.0968. The summed E-state index contributed by atoms with van der Waals surface area (Å²) < 4.78 is 0. The number of carbonyl (C=O) groups excluding carboxylic acids is 1. The quantitative estimate of drug-likeness (QED) is 0.721. The minimum absolute atomic E-state index is 0.0968. The summed E-state index contributed by atoms with van der Waals surface area (Å²) >= 11 is 0. The van der Waals surface area contributed by atoms with Crippen LogP contribution in [-0.4, -0.2) is 12.5 Å². The van der Waals surface area contributed by atoms with Crippen LogP contribution in [0.5, 0.6) is 0 Å². The fourth-order valence-corrected chi connectivity index (χ4v) is 1.11. The monoisotopic (exact) mass is 213 g/mol. The van der Waals surface area contributed by atoms with Gasteiger partial charge in [0.05, 0.1) is 0 Å². The molecule has 1 amide bonds. The van der Waals surface area contributed by atoms with Crippen molar-refractivity contribution < 1.29 is 4.79 Å². The van der Waals surface area contributed by atoms with E-state index in [0.717, 1.165) is 13.0 Å². The molecule has 0 aromatic rings. The molecule has 0 aliphatic heterocycles. The van der Waals surface area contributed by atoms with Gasteiger partial charge in [-0.05, 0) is 17.3 Å². The summed E-state index contributed by atoms with van der Waals surface area (Å²) in [6, 6.07) is 0. The van der Waals surface area contributed by atoms with E-state index in [1.165, 1.54) is 0 Å². The van der Waals surface area contributed by atoms with E-state index in [4.69, 9.17) is 0 Å². The van der Waals surface area contributed by atoms with Crippen LogP contribution in [0.25, 0.3) is 0 Å². The molecule has 0 aliphatic carbocycles. The van der Waals surface area contributed by atoms with Crippen LogP contribution < -0.4 is 5.32 Å². The van der Waals surface area contributed by atoms with Gasteiger partial charge in [-0.1, -0.05) is 48.0 Å². The molecule has 2 nitrogen and oxygen atoms in total. The van der Waals surface area contributed by atoms with Crippen LogP contribution in [0.4, 0.5) is 0 Å². The van der Waals surface area contributed by atoms with E-state index >= 15 is 0 Å². The Balaban J connectivity index is 3.94. The topological polar surface area (TPSA) is 29.1 Å². The van der Waals surface area contributed by atoms with Crippen LogP contribution in [-0.2, 0) is 4.79 Å². The Labute approximate surface area is 94.8 Å². The standard InChI is InChI=1S/C13H27NO/c1-7-11(4)9-14-12(15)8-13(5,6)10(2)3/h10-11H,7-9H2,1-6H3,(H,14,15). The highest BCUT2D eigenvalue weighted by Crippen LogP contribution is 2.29. The molecule has 1 unspecified atom stereocenters. The summed E-state index contributed by atoms with van der Waals surface area (Å²) in [4.78, 5) is 11.7. The molecule has 0 saturated heterocycles. The maximum absolute atomic E-state index is 11.7. The molecule has 0 spiro atoms. The molecule has 0 heterocycles. The highest BCUT2D eigenvalue weighted by Gasteiger charge is 2.25. The van der Waals surface area contributed by atoms with Crippen molar-refractivity contribution in [2.75, 3.05) is 6.54 Å². The lowest BCUT2D eigenvalue weighted by Gasteiger charge is -2.28. The van der Waals surface area contributed by atoms with E-state index in [0.29, 0.717) is 18.3 Å². The molecule has 1 N–H and O–H groups in total. The first-order valence-electron chi connectivity index (χ1n) is 6.06. The van der Waals surface area contributed by atoms with Crippen LogP contribution in [0.15, 0.2) is 0 Å². The van der Waals surface area contributed by atoms with Gasteiger partial charge in [0.15, 0.2) is 0 Å². The van der Waals surface area contributed by atoms with Gasteiger partial charge in [-0.2, -0.15) is 0 Å². The van der Waals surface area contributed by atoms with Gasteiger partial charge in [-0.3, -0.25) is 4.79 Å². The van der Waals surface area contributed by atoms with Gasteiger partial charge in [0.2, 0.25) is 5.91 Å².